The molecule has 0 atom stereocenters. The smallest absolute Gasteiger partial charge is 0.100 e. The molecule has 3 aromatic heterocycles. The van der Waals surface area contributed by atoms with Crippen molar-refractivity contribution in [1.82, 2.24) is 19.2 Å². The number of nitrogens with zero attached hydrogens (tertiary/aromatic N) is 4. The van der Waals surface area contributed by atoms with E-state index in [1.165, 1.54) is 71.5 Å². The van der Waals surface area contributed by atoms with Crippen LogP contribution in [-0.2, 0) is 20.1 Å². The Hall–Kier alpha value is -3.27. The second-order valence-corrected chi connectivity index (χ2v) is 9.87. The molecule has 0 aliphatic heterocycles. The van der Waals surface area contributed by atoms with Gasteiger partial charge in [0.1, 0.15) is 6.33 Å². The normalized spacial score (nSPS) is 12.1. The molecule has 7 rings (SSSR count). The number of aromatic nitrogens is 4. The van der Waals surface area contributed by atoms with Gasteiger partial charge in [0.2, 0.25) is 0 Å². The number of aryl methyl sites for hydroxylation is 6. The Morgan fingerprint density at radius 1 is 0.800 bits per heavy atom. The van der Waals surface area contributed by atoms with Crippen LogP contribution in [-0.4, -0.2) is 19.2 Å². The first kappa shape index (κ1) is 22.2. The zero-order valence-corrected chi connectivity index (χ0v) is 23.1. The van der Waals surface area contributed by atoms with Crippen molar-refractivity contribution in [1.29, 1.82) is 0 Å². The molecule has 1 radical (unpaired) electrons. The molecule has 0 unspecified atom stereocenters. The topological polar surface area (TPSA) is 35.1 Å². The van der Waals surface area contributed by atoms with E-state index < -0.39 is 0 Å². The first-order chi connectivity index (χ1) is 16.4. The van der Waals surface area contributed by atoms with E-state index in [1.807, 2.05) is 17.0 Å². The van der Waals surface area contributed by atoms with Crippen LogP contribution >= 0.6 is 0 Å². The van der Waals surface area contributed by atoms with E-state index in [4.69, 9.17) is 10.1 Å². The standard InChI is InChI=1S/C30H25N4.Ir/c1-15-11-18(4)29(19(5)12-15)33-14-31-28-24-16(2)7-8-22-27(24)26-21(30(28)33)13-17(3)20(6)25(26)23-9-10-32-34(22)23;/h7,9-14H,1-6H3;/q-1;. The fourth-order valence-corrected chi connectivity index (χ4v) is 6.22. The van der Waals surface area contributed by atoms with Gasteiger partial charge in [0, 0.05) is 26.3 Å². The minimum atomic E-state index is 0. The molecule has 0 bridgehead atoms. The summed E-state index contributed by atoms with van der Waals surface area (Å²) in [4.78, 5) is 5.05. The molecular weight excluding hydrogens is 609 g/mol. The van der Waals surface area contributed by atoms with Crippen molar-refractivity contribution >= 4 is 49.0 Å². The minimum Gasteiger partial charge on any atom is -0.298 e. The van der Waals surface area contributed by atoms with E-state index in [0.29, 0.717) is 0 Å². The molecule has 7 aromatic rings. The third-order valence-corrected chi connectivity index (χ3v) is 7.65. The van der Waals surface area contributed by atoms with Crippen molar-refractivity contribution in [2.75, 3.05) is 0 Å². The molecule has 3 heterocycles. The van der Waals surface area contributed by atoms with Crippen LogP contribution in [0.25, 0.3) is 54.7 Å². The maximum absolute atomic E-state index is 5.05. The van der Waals surface area contributed by atoms with Crippen molar-refractivity contribution in [3.05, 3.63) is 82.3 Å². The van der Waals surface area contributed by atoms with Crippen LogP contribution in [0.5, 0.6) is 0 Å². The number of hydrogen-bond donors (Lipinski definition) is 0. The summed E-state index contributed by atoms with van der Waals surface area (Å²) < 4.78 is 4.36. The van der Waals surface area contributed by atoms with Gasteiger partial charge >= 0.3 is 0 Å². The van der Waals surface area contributed by atoms with Crippen LogP contribution in [0, 0.1) is 47.6 Å². The van der Waals surface area contributed by atoms with Crippen molar-refractivity contribution in [2.45, 2.75) is 41.5 Å². The van der Waals surface area contributed by atoms with Gasteiger partial charge in [-0.25, -0.2) is 4.98 Å². The SMILES string of the molecule is Cc1cc(C)c(-n2cnc3c4c(C)c[c-]c5c4c4c(cc(C)c(C)c4c4ccnn54)c32)c(C)c1.[Ir]. The Balaban J connectivity index is 0.00000229. The number of hydrogen-bond acceptors (Lipinski definition) is 2. The third-order valence-electron chi connectivity index (χ3n) is 7.65. The van der Waals surface area contributed by atoms with E-state index in [1.54, 1.807) is 0 Å². The molecule has 4 aromatic carbocycles. The van der Waals surface area contributed by atoms with Crippen molar-refractivity contribution in [2.24, 2.45) is 0 Å². The van der Waals surface area contributed by atoms with Gasteiger partial charge in [-0.3, -0.25) is 9.08 Å². The maximum atomic E-state index is 5.05. The van der Waals surface area contributed by atoms with Crippen LogP contribution in [0.3, 0.4) is 0 Å². The average Bonchev–Trinajstić information content (AvgIpc) is 3.43. The molecular formula is C30H25IrN4-. The van der Waals surface area contributed by atoms with Crippen molar-refractivity contribution in [3.63, 3.8) is 0 Å². The van der Waals surface area contributed by atoms with Gasteiger partial charge in [-0.1, -0.05) is 40.8 Å². The van der Waals surface area contributed by atoms with Crippen LogP contribution in [0.4, 0.5) is 0 Å². The van der Waals surface area contributed by atoms with Crippen LogP contribution < -0.4 is 0 Å². The first-order valence-corrected chi connectivity index (χ1v) is 11.8. The average molecular weight is 634 g/mol. The van der Waals surface area contributed by atoms with Gasteiger partial charge in [-0.2, -0.15) is 17.2 Å². The van der Waals surface area contributed by atoms with E-state index in [9.17, 15) is 0 Å². The zero-order chi connectivity index (χ0) is 23.5. The third kappa shape index (κ3) is 2.71. The summed E-state index contributed by atoms with van der Waals surface area (Å²) in [5, 5.41) is 10.9. The summed E-state index contributed by atoms with van der Waals surface area (Å²) in [6, 6.07) is 14.6. The zero-order valence-electron chi connectivity index (χ0n) is 20.7. The quantitative estimate of drug-likeness (QED) is 0.141. The van der Waals surface area contributed by atoms with Crippen LogP contribution in [0.1, 0.15) is 33.4 Å². The predicted octanol–water partition coefficient (Wildman–Crippen LogP) is 7.22. The summed E-state index contributed by atoms with van der Waals surface area (Å²) in [5.74, 6) is 0. The number of imidazole rings is 1. The Kier molecular flexibility index (Phi) is 4.67. The second kappa shape index (κ2) is 7.36. The summed E-state index contributed by atoms with van der Waals surface area (Å²) in [7, 11) is 0. The molecule has 0 amide bonds. The molecule has 0 N–H and O–H groups in total. The van der Waals surface area contributed by atoms with Crippen molar-refractivity contribution < 1.29 is 20.1 Å². The number of benzene rings is 4. The molecule has 0 aliphatic rings. The molecule has 5 heteroatoms. The molecule has 0 spiro atoms. The number of pyridine rings is 1. The fourth-order valence-electron chi connectivity index (χ4n) is 6.22. The molecule has 35 heavy (non-hydrogen) atoms. The Bertz CT molecular complexity index is 1950. The van der Waals surface area contributed by atoms with E-state index in [-0.39, 0.29) is 20.1 Å². The van der Waals surface area contributed by atoms with E-state index in [2.05, 4.69) is 82.5 Å². The number of rotatable bonds is 1. The molecule has 0 fully saturated rings. The fraction of sp³-hybridized carbons (Fsp3) is 0.200. The van der Waals surface area contributed by atoms with Crippen LogP contribution in [0.15, 0.2) is 42.9 Å². The van der Waals surface area contributed by atoms with E-state index in [0.717, 1.165) is 16.6 Å². The van der Waals surface area contributed by atoms with Gasteiger partial charge in [0.05, 0.1) is 22.2 Å². The van der Waals surface area contributed by atoms with Crippen molar-refractivity contribution in [3.8, 4) is 5.69 Å². The van der Waals surface area contributed by atoms with Gasteiger partial charge < -0.3 is 0 Å². The summed E-state index contributed by atoms with van der Waals surface area (Å²) in [5.41, 5.74) is 13.2. The minimum absolute atomic E-state index is 0. The molecule has 0 saturated carbocycles. The second-order valence-electron chi connectivity index (χ2n) is 9.87. The molecule has 0 aliphatic carbocycles. The van der Waals surface area contributed by atoms with Crippen LogP contribution in [0.2, 0.25) is 0 Å². The van der Waals surface area contributed by atoms with Gasteiger partial charge in [0.15, 0.2) is 0 Å². The molecule has 0 saturated heterocycles. The number of fused-ring (bicyclic) bond motifs is 6. The summed E-state index contributed by atoms with van der Waals surface area (Å²) >= 11 is 0. The monoisotopic (exact) mass is 634 g/mol. The summed E-state index contributed by atoms with van der Waals surface area (Å²) in [6.07, 6.45) is 3.90. The first-order valence-electron chi connectivity index (χ1n) is 11.8. The largest absolute Gasteiger partial charge is 0.298 e. The van der Waals surface area contributed by atoms with Gasteiger partial charge in [-0.05, 0) is 85.3 Å². The predicted molar refractivity (Wildman–Crippen MR) is 141 cm³/mol. The Morgan fingerprint density at radius 2 is 1.54 bits per heavy atom. The maximum Gasteiger partial charge on any atom is 0.100 e. The molecule has 4 nitrogen and oxygen atoms in total. The van der Waals surface area contributed by atoms with Gasteiger partial charge in [-0.15, -0.1) is 5.56 Å². The summed E-state index contributed by atoms with van der Waals surface area (Å²) in [6.45, 7) is 13.2. The molecule has 175 valence electrons. The van der Waals surface area contributed by atoms with E-state index >= 15 is 0 Å². The Labute approximate surface area is 217 Å². The van der Waals surface area contributed by atoms with Gasteiger partial charge in [0.25, 0.3) is 0 Å². The Morgan fingerprint density at radius 3 is 2.29 bits per heavy atom.